The van der Waals surface area contributed by atoms with Gasteiger partial charge in [0, 0.05) is 0 Å². The normalized spacial score (nSPS) is 9.23. The Hall–Kier alpha value is -2.04. The molecule has 13 heavy (non-hydrogen) atoms. The van der Waals surface area contributed by atoms with Crippen LogP contribution in [-0.4, -0.2) is 22.7 Å². The fraction of sp³-hybridized carbons (Fsp3) is 0. The van der Waals surface area contributed by atoms with Crippen molar-refractivity contribution in [2.75, 3.05) is 0 Å². The topological polar surface area (TPSA) is 83.8 Å². The molecule has 2 N–H and O–H groups in total. The number of hydrogen-bond acceptors (Lipinski definition) is 4. The first kappa shape index (κ1) is 9.05. The highest BCUT2D eigenvalue weighted by Crippen LogP contribution is 2.22. The Labute approximate surface area is 73.2 Å². The van der Waals surface area contributed by atoms with Gasteiger partial charge in [-0.15, -0.1) is 0 Å². The van der Waals surface area contributed by atoms with Gasteiger partial charge in [-0.25, -0.2) is 4.79 Å². The molecular formula is C8H6O5. The Bertz CT molecular complexity index is 344. The molecule has 68 valence electrons. The average molecular weight is 182 g/mol. The van der Waals surface area contributed by atoms with Crippen LogP contribution in [0.2, 0.25) is 0 Å². The van der Waals surface area contributed by atoms with E-state index in [-0.39, 0.29) is 23.5 Å². The third kappa shape index (κ3) is 1.96. The number of aromatic hydroxyl groups is 1. The number of carboxylic acids is 1. The van der Waals surface area contributed by atoms with Crippen molar-refractivity contribution in [3.63, 3.8) is 0 Å². The number of rotatable bonds is 3. The summed E-state index contributed by atoms with van der Waals surface area (Å²) in [5.74, 6) is -1.58. The molecule has 0 heterocycles. The van der Waals surface area contributed by atoms with Gasteiger partial charge in [-0.05, 0) is 18.2 Å². The number of hydrogen-bond donors (Lipinski definition) is 2. The van der Waals surface area contributed by atoms with Crippen LogP contribution in [0.3, 0.4) is 0 Å². The second kappa shape index (κ2) is 3.57. The highest BCUT2D eigenvalue weighted by molar-refractivity contribution is 5.91. The molecule has 0 aliphatic rings. The van der Waals surface area contributed by atoms with E-state index in [0.29, 0.717) is 0 Å². The van der Waals surface area contributed by atoms with Gasteiger partial charge in [0.25, 0.3) is 6.47 Å². The lowest BCUT2D eigenvalue weighted by Gasteiger charge is -2.01. The van der Waals surface area contributed by atoms with Gasteiger partial charge in [0.1, 0.15) is 17.1 Å². The van der Waals surface area contributed by atoms with Crippen LogP contribution in [-0.2, 0) is 4.79 Å². The molecule has 0 radical (unpaired) electrons. The summed E-state index contributed by atoms with van der Waals surface area (Å²) >= 11 is 0. The molecule has 0 aliphatic carbocycles. The lowest BCUT2D eigenvalue weighted by molar-refractivity contribution is -0.120. The van der Waals surface area contributed by atoms with Crippen LogP contribution in [0.15, 0.2) is 18.2 Å². The minimum Gasteiger partial charge on any atom is -0.507 e. The molecule has 1 aromatic carbocycles. The summed E-state index contributed by atoms with van der Waals surface area (Å²) in [6.07, 6.45) is 0. The minimum atomic E-state index is -1.28. The molecule has 0 saturated carbocycles. The van der Waals surface area contributed by atoms with Gasteiger partial charge in [-0.2, -0.15) is 0 Å². The minimum absolute atomic E-state index is 0.0743. The Balaban J connectivity index is 3.10. The van der Waals surface area contributed by atoms with E-state index in [1.54, 1.807) is 0 Å². The molecule has 0 atom stereocenters. The molecule has 0 unspecified atom stereocenters. The van der Waals surface area contributed by atoms with Crippen LogP contribution < -0.4 is 4.74 Å². The van der Waals surface area contributed by atoms with Crippen molar-refractivity contribution in [3.8, 4) is 11.5 Å². The lowest BCUT2D eigenvalue weighted by atomic mass is 10.2. The quantitative estimate of drug-likeness (QED) is 0.669. The summed E-state index contributed by atoms with van der Waals surface area (Å²) in [6.45, 7) is 0.179. The van der Waals surface area contributed by atoms with Crippen molar-refractivity contribution in [2.24, 2.45) is 0 Å². The zero-order valence-electron chi connectivity index (χ0n) is 6.43. The predicted octanol–water partition coefficient (Wildman–Crippen LogP) is 0.626. The molecule has 1 rings (SSSR count). The molecule has 0 amide bonds. The molecule has 5 nitrogen and oxygen atoms in total. The predicted molar refractivity (Wildman–Crippen MR) is 41.8 cm³/mol. The monoisotopic (exact) mass is 182 g/mol. The van der Waals surface area contributed by atoms with Crippen molar-refractivity contribution >= 4 is 12.4 Å². The molecule has 1 aromatic rings. The molecule has 0 bridgehead atoms. The van der Waals surface area contributed by atoms with Crippen LogP contribution in [0.5, 0.6) is 11.5 Å². The van der Waals surface area contributed by atoms with Crippen LogP contribution in [0, 0.1) is 0 Å². The first-order valence-corrected chi connectivity index (χ1v) is 3.31. The molecule has 0 fully saturated rings. The summed E-state index contributed by atoms with van der Waals surface area (Å²) in [5.41, 5.74) is -0.306. The van der Waals surface area contributed by atoms with E-state index in [1.807, 2.05) is 0 Å². The van der Waals surface area contributed by atoms with Crippen molar-refractivity contribution in [1.82, 2.24) is 0 Å². The molecule has 5 heteroatoms. The zero-order valence-corrected chi connectivity index (χ0v) is 6.43. The summed E-state index contributed by atoms with van der Waals surface area (Å²) < 4.78 is 4.40. The summed E-state index contributed by atoms with van der Waals surface area (Å²) in [6, 6.07) is 3.49. The number of carboxylic acid groups (broad SMARTS) is 1. The van der Waals surface area contributed by atoms with E-state index in [2.05, 4.69) is 4.74 Å². The van der Waals surface area contributed by atoms with Gasteiger partial charge >= 0.3 is 5.97 Å². The smallest absolute Gasteiger partial charge is 0.339 e. The van der Waals surface area contributed by atoms with E-state index >= 15 is 0 Å². The van der Waals surface area contributed by atoms with E-state index in [1.165, 1.54) is 6.07 Å². The average Bonchev–Trinajstić information content (AvgIpc) is 2.08. The van der Waals surface area contributed by atoms with Gasteiger partial charge in [-0.1, -0.05) is 0 Å². The van der Waals surface area contributed by atoms with Crippen LogP contribution in [0.25, 0.3) is 0 Å². The molecule has 0 aliphatic heterocycles. The van der Waals surface area contributed by atoms with E-state index in [4.69, 9.17) is 10.2 Å². The SMILES string of the molecule is O=COc1ccc(O)c(C(=O)O)c1. The van der Waals surface area contributed by atoms with Crippen molar-refractivity contribution in [2.45, 2.75) is 0 Å². The maximum absolute atomic E-state index is 10.5. The van der Waals surface area contributed by atoms with Crippen LogP contribution >= 0.6 is 0 Å². The largest absolute Gasteiger partial charge is 0.507 e. The standard InChI is InChI=1S/C8H6O5/c9-4-13-5-1-2-7(10)6(3-5)8(11)12/h1-4,10H,(H,11,12). The Morgan fingerprint density at radius 3 is 2.69 bits per heavy atom. The fourth-order valence-electron chi connectivity index (χ4n) is 0.815. The highest BCUT2D eigenvalue weighted by Gasteiger charge is 2.10. The number of aromatic carboxylic acids is 1. The van der Waals surface area contributed by atoms with Crippen LogP contribution in [0.1, 0.15) is 10.4 Å². The van der Waals surface area contributed by atoms with Gasteiger partial charge in [0.15, 0.2) is 0 Å². The number of benzene rings is 1. The number of phenols is 1. The van der Waals surface area contributed by atoms with Crippen molar-refractivity contribution in [1.29, 1.82) is 0 Å². The number of ether oxygens (including phenoxy) is 1. The third-order valence-electron chi connectivity index (χ3n) is 1.38. The highest BCUT2D eigenvalue weighted by atomic mass is 16.5. The van der Waals surface area contributed by atoms with Gasteiger partial charge < -0.3 is 14.9 Å². The number of carbonyl (C=O) groups is 2. The molecular weight excluding hydrogens is 176 g/mol. The summed E-state index contributed by atoms with van der Waals surface area (Å²) in [5, 5.41) is 17.6. The first-order valence-electron chi connectivity index (χ1n) is 3.31. The van der Waals surface area contributed by atoms with Crippen molar-refractivity contribution in [3.05, 3.63) is 23.8 Å². The maximum Gasteiger partial charge on any atom is 0.339 e. The van der Waals surface area contributed by atoms with E-state index < -0.39 is 5.97 Å². The fourth-order valence-corrected chi connectivity index (χ4v) is 0.815. The Morgan fingerprint density at radius 1 is 1.46 bits per heavy atom. The second-order valence-electron chi connectivity index (χ2n) is 2.20. The Morgan fingerprint density at radius 2 is 2.15 bits per heavy atom. The van der Waals surface area contributed by atoms with E-state index in [9.17, 15) is 9.59 Å². The molecule has 0 spiro atoms. The van der Waals surface area contributed by atoms with Gasteiger partial charge in [0.2, 0.25) is 0 Å². The maximum atomic E-state index is 10.5. The number of carbonyl (C=O) groups excluding carboxylic acids is 1. The second-order valence-corrected chi connectivity index (χ2v) is 2.20. The third-order valence-corrected chi connectivity index (χ3v) is 1.38. The Kier molecular flexibility index (Phi) is 2.49. The summed E-state index contributed by atoms with van der Waals surface area (Å²) in [7, 11) is 0. The molecule has 0 saturated heterocycles. The van der Waals surface area contributed by atoms with Crippen LogP contribution in [0.4, 0.5) is 0 Å². The van der Waals surface area contributed by atoms with Gasteiger partial charge in [0.05, 0.1) is 0 Å². The van der Waals surface area contributed by atoms with Gasteiger partial charge in [-0.3, -0.25) is 4.79 Å². The lowest BCUT2D eigenvalue weighted by Crippen LogP contribution is -1.98. The summed E-state index contributed by atoms with van der Waals surface area (Å²) in [4.78, 5) is 20.4. The molecule has 0 aromatic heterocycles. The van der Waals surface area contributed by atoms with E-state index in [0.717, 1.165) is 12.1 Å². The first-order chi connectivity index (χ1) is 6.15. The zero-order chi connectivity index (χ0) is 9.84. The van der Waals surface area contributed by atoms with Crippen molar-refractivity contribution < 1.29 is 24.5 Å².